The van der Waals surface area contributed by atoms with Gasteiger partial charge in [-0.15, -0.1) is 0 Å². The Bertz CT molecular complexity index is 1020. The molecule has 1 aliphatic carbocycles. The van der Waals surface area contributed by atoms with E-state index in [0.717, 1.165) is 31.9 Å². The Morgan fingerprint density at radius 2 is 2.00 bits per heavy atom. The van der Waals surface area contributed by atoms with E-state index >= 15 is 0 Å². The number of non-ortho nitro benzene ring substituents is 1. The molecule has 1 N–H and O–H groups in total. The third-order valence-corrected chi connectivity index (χ3v) is 6.91. The zero-order valence-corrected chi connectivity index (χ0v) is 16.2. The van der Waals surface area contributed by atoms with Gasteiger partial charge < -0.3 is 9.64 Å². The molecule has 0 aromatic heterocycles. The van der Waals surface area contributed by atoms with E-state index in [1.54, 1.807) is 30.3 Å². The summed E-state index contributed by atoms with van der Waals surface area (Å²) in [7, 11) is -2.61. The lowest BCUT2D eigenvalue weighted by Gasteiger charge is -2.30. The molecule has 28 heavy (non-hydrogen) atoms. The quantitative estimate of drug-likeness (QED) is 0.586. The number of sulfonamides is 1. The summed E-state index contributed by atoms with van der Waals surface area (Å²) in [5.74, 6) is 0.927. The number of para-hydroxylation sites is 2. The van der Waals surface area contributed by atoms with Crippen molar-refractivity contribution >= 4 is 27.1 Å². The van der Waals surface area contributed by atoms with E-state index in [-0.39, 0.29) is 22.3 Å². The van der Waals surface area contributed by atoms with Crippen LogP contribution in [0.15, 0.2) is 47.4 Å². The van der Waals surface area contributed by atoms with E-state index in [1.807, 2.05) is 0 Å². The van der Waals surface area contributed by atoms with Gasteiger partial charge in [0.15, 0.2) is 0 Å². The number of hydrogen-bond acceptors (Lipinski definition) is 6. The van der Waals surface area contributed by atoms with Crippen LogP contribution in [-0.4, -0.2) is 33.0 Å². The molecule has 2 aromatic carbocycles. The second-order valence-corrected chi connectivity index (χ2v) is 8.85. The van der Waals surface area contributed by atoms with E-state index in [4.69, 9.17) is 4.74 Å². The molecule has 0 spiro atoms. The summed E-state index contributed by atoms with van der Waals surface area (Å²) >= 11 is 0. The lowest BCUT2D eigenvalue weighted by Crippen LogP contribution is -2.33. The molecule has 2 atom stereocenters. The highest BCUT2D eigenvalue weighted by Crippen LogP contribution is 2.43. The van der Waals surface area contributed by atoms with E-state index in [9.17, 15) is 18.5 Å². The molecular formula is C19H21N3O5S. The van der Waals surface area contributed by atoms with Crippen molar-refractivity contribution in [3.8, 4) is 5.75 Å². The van der Waals surface area contributed by atoms with Gasteiger partial charge >= 0.3 is 0 Å². The van der Waals surface area contributed by atoms with Gasteiger partial charge in [0.1, 0.15) is 10.6 Å². The summed E-state index contributed by atoms with van der Waals surface area (Å²) in [4.78, 5) is 12.7. The zero-order chi connectivity index (χ0) is 19.9. The number of nitrogens with zero attached hydrogens (tertiary/aromatic N) is 2. The number of piperidine rings is 1. The van der Waals surface area contributed by atoms with E-state index in [2.05, 4.69) is 9.62 Å². The summed E-state index contributed by atoms with van der Waals surface area (Å²) in [6.07, 6.45) is 3.20. The lowest BCUT2D eigenvalue weighted by molar-refractivity contribution is -0.385. The number of rotatable bonds is 6. The summed E-state index contributed by atoms with van der Waals surface area (Å²) in [6.45, 7) is 0.777. The van der Waals surface area contributed by atoms with Gasteiger partial charge in [0.2, 0.25) is 0 Å². The Morgan fingerprint density at radius 1 is 1.21 bits per heavy atom. The van der Waals surface area contributed by atoms with Gasteiger partial charge in [-0.1, -0.05) is 12.1 Å². The van der Waals surface area contributed by atoms with Crippen LogP contribution in [0, 0.1) is 16.0 Å². The van der Waals surface area contributed by atoms with Crippen molar-refractivity contribution in [2.24, 2.45) is 5.92 Å². The van der Waals surface area contributed by atoms with Gasteiger partial charge in [-0.2, -0.15) is 0 Å². The number of nitro groups is 1. The summed E-state index contributed by atoms with van der Waals surface area (Å²) < 4.78 is 34.2. The fourth-order valence-corrected chi connectivity index (χ4v) is 5.52. The minimum absolute atomic E-state index is 0.0832. The summed E-state index contributed by atoms with van der Waals surface area (Å²) in [5.41, 5.74) is 0.541. The standard InChI is InChI=1S/C19H21N3O5S/c1-27-18-5-3-2-4-16(18)20-28(25,26)19-11-15(22(23)24)8-9-17(19)21-12-13-6-7-14(21)10-13/h2-5,8-9,11,13-14,20H,6-7,10,12H2,1H3. The number of anilines is 2. The van der Waals surface area contributed by atoms with E-state index in [1.165, 1.54) is 13.2 Å². The van der Waals surface area contributed by atoms with Gasteiger partial charge in [0, 0.05) is 24.7 Å². The molecule has 0 radical (unpaired) electrons. The Labute approximate surface area is 163 Å². The number of fused-ring (bicyclic) bond motifs is 2. The number of benzene rings is 2. The minimum atomic E-state index is -4.06. The molecule has 2 bridgehead atoms. The Morgan fingerprint density at radius 3 is 2.64 bits per heavy atom. The molecular weight excluding hydrogens is 382 g/mol. The topological polar surface area (TPSA) is 102 Å². The number of nitrogens with one attached hydrogen (secondary N) is 1. The zero-order valence-electron chi connectivity index (χ0n) is 15.4. The molecule has 2 unspecified atom stereocenters. The van der Waals surface area contributed by atoms with Crippen LogP contribution >= 0.6 is 0 Å². The van der Waals surface area contributed by atoms with E-state index in [0.29, 0.717) is 17.4 Å². The van der Waals surface area contributed by atoms with Crippen LogP contribution in [0.3, 0.4) is 0 Å². The largest absolute Gasteiger partial charge is 0.495 e. The molecule has 9 heteroatoms. The highest BCUT2D eigenvalue weighted by Gasteiger charge is 2.40. The van der Waals surface area contributed by atoms with E-state index < -0.39 is 14.9 Å². The van der Waals surface area contributed by atoms with Crippen LogP contribution in [0.1, 0.15) is 19.3 Å². The first-order valence-corrected chi connectivity index (χ1v) is 10.6. The van der Waals surface area contributed by atoms with Crippen molar-refractivity contribution < 1.29 is 18.1 Å². The molecule has 1 aliphatic heterocycles. The molecule has 8 nitrogen and oxygen atoms in total. The average molecular weight is 403 g/mol. The fraction of sp³-hybridized carbons (Fsp3) is 0.368. The van der Waals surface area contributed by atoms with Gasteiger partial charge in [-0.05, 0) is 43.4 Å². The first-order valence-electron chi connectivity index (χ1n) is 9.10. The van der Waals surface area contributed by atoms with Crippen LogP contribution in [0.4, 0.5) is 17.1 Å². The van der Waals surface area contributed by atoms with Crippen molar-refractivity contribution in [3.05, 3.63) is 52.6 Å². The smallest absolute Gasteiger partial charge is 0.270 e. The molecule has 1 heterocycles. The van der Waals surface area contributed by atoms with Crippen molar-refractivity contribution in [1.29, 1.82) is 0 Å². The normalized spacial score (nSPS) is 21.0. The van der Waals surface area contributed by atoms with Crippen molar-refractivity contribution in [3.63, 3.8) is 0 Å². The number of ether oxygens (including phenoxy) is 1. The van der Waals surface area contributed by atoms with Crippen LogP contribution in [0.5, 0.6) is 5.75 Å². The van der Waals surface area contributed by atoms with Crippen molar-refractivity contribution in [2.75, 3.05) is 23.3 Å². The Kier molecular flexibility index (Phi) is 4.62. The molecule has 2 aliphatic rings. The van der Waals surface area contributed by atoms with Crippen molar-refractivity contribution in [2.45, 2.75) is 30.2 Å². The second kappa shape index (κ2) is 6.97. The van der Waals surface area contributed by atoms with Crippen LogP contribution < -0.4 is 14.4 Å². The highest BCUT2D eigenvalue weighted by atomic mass is 32.2. The SMILES string of the molecule is COc1ccccc1NS(=O)(=O)c1cc([N+](=O)[O-])ccc1N1CC2CCC1C2. The van der Waals surface area contributed by atoms with Gasteiger partial charge in [-0.25, -0.2) is 8.42 Å². The van der Waals surface area contributed by atoms with Crippen molar-refractivity contribution in [1.82, 2.24) is 0 Å². The van der Waals surface area contributed by atoms with Gasteiger partial charge in [0.25, 0.3) is 15.7 Å². The summed E-state index contributed by atoms with van der Waals surface area (Å²) in [6, 6.07) is 11.0. The van der Waals surface area contributed by atoms with Crippen LogP contribution in [0.2, 0.25) is 0 Å². The highest BCUT2D eigenvalue weighted by molar-refractivity contribution is 7.93. The lowest BCUT2D eigenvalue weighted by atomic mass is 10.1. The third kappa shape index (κ3) is 3.26. The van der Waals surface area contributed by atoms with Crippen LogP contribution in [-0.2, 0) is 10.0 Å². The summed E-state index contributed by atoms with van der Waals surface area (Å²) in [5, 5.41) is 11.3. The molecule has 2 fully saturated rings. The van der Waals surface area contributed by atoms with Crippen LogP contribution in [0.25, 0.3) is 0 Å². The average Bonchev–Trinajstić information content (AvgIpc) is 3.31. The molecule has 1 saturated heterocycles. The second-order valence-electron chi connectivity index (χ2n) is 7.20. The number of hydrogen-bond donors (Lipinski definition) is 1. The maximum atomic E-state index is 13.2. The Hall–Kier alpha value is -2.81. The Balaban J connectivity index is 1.77. The van der Waals surface area contributed by atoms with Gasteiger partial charge in [-0.3, -0.25) is 14.8 Å². The van der Waals surface area contributed by atoms with Gasteiger partial charge in [0.05, 0.1) is 23.4 Å². The monoisotopic (exact) mass is 403 g/mol. The predicted octanol–water partition coefficient (Wildman–Crippen LogP) is 3.39. The molecule has 4 rings (SSSR count). The maximum Gasteiger partial charge on any atom is 0.270 e. The molecule has 0 amide bonds. The first kappa shape index (κ1) is 18.5. The molecule has 148 valence electrons. The minimum Gasteiger partial charge on any atom is -0.495 e. The third-order valence-electron chi connectivity index (χ3n) is 5.51. The fourth-order valence-electron chi connectivity index (χ4n) is 4.22. The molecule has 1 saturated carbocycles. The predicted molar refractivity (Wildman–Crippen MR) is 105 cm³/mol. The number of nitro benzene ring substituents is 1. The number of methoxy groups -OCH3 is 1. The maximum absolute atomic E-state index is 13.2. The molecule has 2 aromatic rings. The first-order chi connectivity index (χ1) is 13.4.